The summed E-state index contributed by atoms with van der Waals surface area (Å²) >= 11 is 0. The minimum atomic E-state index is 0.673. The molecular weight excluding hydrogens is 238 g/mol. The lowest BCUT2D eigenvalue weighted by molar-refractivity contribution is 0.360. The van der Waals surface area contributed by atoms with Crippen molar-refractivity contribution in [2.75, 3.05) is 16.9 Å². The van der Waals surface area contributed by atoms with Crippen molar-refractivity contribution in [1.29, 1.82) is 0 Å². The number of aromatic nitrogens is 2. The molecule has 1 aliphatic carbocycles. The van der Waals surface area contributed by atoms with E-state index in [4.69, 9.17) is 5.84 Å². The van der Waals surface area contributed by atoms with Crippen LogP contribution in [0, 0.1) is 19.8 Å². The van der Waals surface area contributed by atoms with Gasteiger partial charge in [0.05, 0.1) is 0 Å². The Balaban J connectivity index is 1.98. The van der Waals surface area contributed by atoms with E-state index in [0.29, 0.717) is 6.04 Å². The lowest BCUT2D eigenvalue weighted by Gasteiger charge is -2.39. The number of anilines is 2. The lowest BCUT2D eigenvalue weighted by Crippen LogP contribution is -2.43. The van der Waals surface area contributed by atoms with Crippen LogP contribution < -0.4 is 16.2 Å². The summed E-state index contributed by atoms with van der Waals surface area (Å²) in [7, 11) is 0. The molecule has 2 aliphatic rings. The van der Waals surface area contributed by atoms with Gasteiger partial charge in [0.1, 0.15) is 17.5 Å². The van der Waals surface area contributed by atoms with Crippen molar-refractivity contribution in [1.82, 2.24) is 9.97 Å². The molecule has 2 heterocycles. The molecule has 0 aromatic carbocycles. The molecule has 5 nitrogen and oxygen atoms in total. The Kier molecular flexibility index (Phi) is 3.31. The largest absolute Gasteiger partial charge is 0.353 e. The first kappa shape index (κ1) is 12.7. The third kappa shape index (κ3) is 2.16. The number of hydrogen-bond donors (Lipinski definition) is 2. The summed E-state index contributed by atoms with van der Waals surface area (Å²) in [6, 6.07) is 0.673. The van der Waals surface area contributed by atoms with E-state index in [2.05, 4.69) is 27.2 Å². The normalized spacial score (nSPS) is 26.4. The number of nitrogens with one attached hydrogen (secondary N) is 1. The van der Waals surface area contributed by atoms with Crippen LogP contribution in [0.2, 0.25) is 0 Å². The zero-order valence-electron chi connectivity index (χ0n) is 11.8. The Morgan fingerprint density at radius 2 is 1.95 bits per heavy atom. The minimum Gasteiger partial charge on any atom is -0.353 e. The maximum Gasteiger partial charge on any atom is 0.148 e. The smallest absolute Gasteiger partial charge is 0.148 e. The quantitative estimate of drug-likeness (QED) is 0.630. The molecule has 1 aromatic rings. The topological polar surface area (TPSA) is 67.1 Å². The van der Waals surface area contributed by atoms with Crippen LogP contribution in [-0.2, 0) is 0 Å². The Hall–Kier alpha value is -1.36. The van der Waals surface area contributed by atoms with Gasteiger partial charge in [0.2, 0.25) is 0 Å². The first-order valence-electron chi connectivity index (χ1n) is 7.29. The van der Waals surface area contributed by atoms with Gasteiger partial charge in [-0.05, 0) is 45.4 Å². The lowest BCUT2D eigenvalue weighted by atomic mass is 9.92. The van der Waals surface area contributed by atoms with E-state index in [0.717, 1.165) is 35.5 Å². The highest BCUT2D eigenvalue weighted by molar-refractivity contribution is 5.59. The summed E-state index contributed by atoms with van der Waals surface area (Å²) in [6.45, 7) is 5.10. The summed E-state index contributed by atoms with van der Waals surface area (Å²) < 4.78 is 0. The van der Waals surface area contributed by atoms with Gasteiger partial charge in [0.25, 0.3) is 0 Å². The number of nitrogen functional groups attached to an aromatic ring is 1. The molecule has 2 unspecified atom stereocenters. The molecule has 3 rings (SSSR count). The van der Waals surface area contributed by atoms with Gasteiger partial charge < -0.3 is 10.3 Å². The number of nitrogens with two attached hydrogens (primary N) is 1. The Morgan fingerprint density at radius 3 is 2.74 bits per heavy atom. The highest BCUT2D eigenvalue weighted by Crippen LogP contribution is 2.39. The van der Waals surface area contributed by atoms with Gasteiger partial charge >= 0.3 is 0 Å². The molecule has 3 N–H and O–H groups in total. The summed E-state index contributed by atoms with van der Waals surface area (Å²) in [5.41, 5.74) is 3.77. The minimum absolute atomic E-state index is 0.673. The Bertz CT molecular complexity index is 473. The number of piperidine rings is 1. The van der Waals surface area contributed by atoms with E-state index >= 15 is 0 Å². The zero-order chi connectivity index (χ0) is 13.4. The third-order valence-electron chi connectivity index (χ3n) is 4.63. The van der Waals surface area contributed by atoms with Crippen LogP contribution >= 0.6 is 0 Å². The van der Waals surface area contributed by atoms with E-state index in [1.807, 2.05) is 6.92 Å². The molecule has 19 heavy (non-hydrogen) atoms. The fourth-order valence-corrected chi connectivity index (χ4v) is 3.75. The van der Waals surface area contributed by atoms with Crippen molar-refractivity contribution in [3.05, 3.63) is 11.4 Å². The average Bonchev–Trinajstić information content (AvgIpc) is 2.89. The van der Waals surface area contributed by atoms with Crippen LogP contribution in [0.1, 0.15) is 43.5 Å². The number of fused-ring (bicyclic) bond motifs is 1. The predicted molar refractivity (Wildman–Crippen MR) is 77.0 cm³/mol. The summed E-state index contributed by atoms with van der Waals surface area (Å²) in [4.78, 5) is 11.5. The summed E-state index contributed by atoms with van der Waals surface area (Å²) in [6.07, 6.45) is 6.70. The molecule has 0 amide bonds. The van der Waals surface area contributed by atoms with Crippen LogP contribution in [0.3, 0.4) is 0 Å². The van der Waals surface area contributed by atoms with Crippen LogP contribution in [0.25, 0.3) is 0 Å². The van der Waals surface area contributed by atoms with E-state index in [1.54, 1.807) is 0 Å². The molecule has 104 valence electrons. The molecule has 0 radical (unpaired) electrons. The summed E-state index contributed by atoms with van der Waals surface area (Å²) in [5, 5.41) is 0. The molecule has 0 spiro atoms. The van der Waals surface area contributed by atoms with Gasteiger partial charge in [-0.3, -0.25) is 0 Å². The van der Waals surface area contributed by atoms with Gasteiger partial charge in [-0.2, -0.15) is 0 Å². The molecule has 1 aromatic heterocycles. The first-order chi connectivity index (χ1) is 9.20. The Labute approximate surface area is 114 Å². The summed E-state index contributed by atoms with van der Waals surface area (Å²) in [5.74, 6) is 9.04. The van der Waals surface area contributed by atoms with Gasteiger partial charge in [0.15, 0.2) is 0 Å². The van der Waals surface area contributed by atoms with Crippen molar-refractivity contribution >= 4 is 11.6 Å². The van der Waals surface area contributed by atoms with E-state index < -0.39 is 0 Å². The number of hydrogen-bond acceptors (Lipinski definition) is 5. The highest BCUT2D eigenvalue weighted by Gasteiger charge is 2.36. The van der Waals surface area contributed by atoms with Gasteiger partial charge in [0, 0.05) is 18.2 Å². The van der Waals surface area contributed by atoms with Crippen molar-refractivity contribution in [3.63, 3.8) is 0 Å². The first-order valence-corrected chi connectivity index (χ1v) is 7.29. The number of rotatable bonds is 2. The van der Waals surface area contributed by atoms with Gasteiger partial charge in [-0.25, -0.2) is 15.8 Å². The standard InChI is InChI=1S/C14H23N5/c1-9-13(18-15)16-10(2)17-14(9)19-8-4-6-11-5-3-7-12(11)19/h11-12H,3-8,15H2,1-2H3,(H,16,17,18). The van der Waals surface area contributed by atoms with Crippen molar-refractivity contribution in [3.8, 4) is 0 Å². The number of hydrazine groups is 1. The van der Waals surface area contributed by atoms with Crippen molar-refractivity contribution < 1.29 is 0 Å². The molecule has 1 aliphatic heterocycles. The second-order valence-corrected chi connectivity index (χ2v) is 5.81. The fourth-order valence-electron chi connectivity index (χ4n) is 3.75. The highest BCUT2D eigenvalue weighted by atomic mass is 15.3. The average molecular weight is 261 g/mol. The van der Waals surface area contributed by atoms with Crippen LogP contribution in [0.5, 0.6) is 0 Å². The molecule has 2 fully saturated rings. The monoisotopic (exact) mass is 261 g/mol. The predicted octanol–water partition coefficient (Wildman–Crippen LogP) is 2.15. The number of aryl methyl sites for hydroxylation is 1. The molecule has 0 bridgehead atoms. The maximum atomic E-state index is 5.57. The molecular formula is C14H23N5. The fraction of sp³-hybridized carbons (Fsp3) is 0.714. The van der Waals surface area contributed by atoms with E-state index in [1.165, 1.54) is 32.1 Å². The maximum absolute atomic E-state index is 5.57. The second-order valence-electron chi connectivity index (χ2n) is 5.81. The van der Waals surface area contributed by atoms with Crippen LogP contribution in [-0.4, -0.2) is 22.6 Å². The molecule has 5 heteroatoms. The third-order valence-corrected chi connectivity index (χ3v) is 4.63. The zero-order valence-corrected chi connectivity index (χ0v) is 11.8. The van der Waals surface area contributed by atoms with Gasteiger partial charge in [-0.15, -0.1) is 0 Å². The van der Waals surface area contributed by atoms with Crippen molar-refractivity contribution in [2.24, 2.45) is 11.8 Å². The number of nitrogens with zero attached hydrogens (tertiary/aromatic N) is 3. The molecule has 2 atom stereocenters. The molecule has 1 saturated carbocycles. The van der Waals surface area contributed by atoms with Crippen LogP contribution in [0.15, 0.2) is 0 Å². The Morgan fingerprint density at radius 1 is 1.16 bits per heavy atom. The van der Waals surface area contributed by atoms with E-state index in [-0.39, 0.29) is 0 Å². The van der Waals surface area contributed by atoms with Gasteiger partial charge in [-0.1, -0.05) is 6.42 Å². The van der Waals surface area contributed by atoms with E-state index in [9.17, 15) is 0 Å². The van der Waals surface area contributed by atoms with Crippen LogP contribution in [0.4, 0.5) is 11.6 Å². The molecule has 1 saturated heterocycles. The van der Waals surface area contributed by atoms with Crippen molar-refractivity contribution in [2.45, 2.75) is 52.0 Å². The second kappa shape index (κ2) is 4.96. The SMILES string of the molecule is Cc1nc(NN)c(C)c(N2CCCC3CCCC32)n1.